The van der Waals surface area contributed by atoms with Crippen LogP contribution in [0.5, 0.6) is 0 Å². The van der Waals surface area contributed by atoms with Crippen molar-refractivity contribution in [2.24, 2.45) is 0 Å². The summed E-state index contributed by atoms with van der Waals surface area (Å²) in [6.45, 7) is 7.07. The molecule has 0 fully saturated rings. The van der Waals surface area contributed by atoms with Crippen LogP contribution < -0.4 is 21.5 Å². The predicted octanol–water partition coefficient (Wildman–Crippen LogP) is 10.7. The van der Waals surface area contributed by atoms with E-state index in [-0.39, 0.29) is 17.0 Å². The van der Waals surface area contributed by atoms with Crippen LogP contribution in [0.2, 0.25) is 0 Å². The highest BCUT2D eigenvalue weighted by Gasteiger charge is 2.32. The van der Waals surface area contributed by atoms with Gasteiger partial charge in [-0.05, 0) is 49.9 Å². The van der Waals surface area contributed by atoms with Crippen molar-refractivity contribution in [3.05, 3.63) is 60.7 Å². The second-order valence-electron chi connectivity index (χ2n) is 12.9. The Bertz CT molecular complexity index is 735. The van der Waals surface area contributed by atoms with Gasteiger partial charge in [-0.2, -0.15) is 0 Å². The van der Waals surface area contributed by atoms with E-state index in [2.05, 4.69) is 74.5 Å². The molecule has 0 amide bonds. The van der Waals surface area contributed by atoms with Crippen LogP contribution in [0, 0.1) is 0 Å². The molecular weight excluding hydrogens is 574 g/mol. The first-order chi connectivity index (χ1) is 20.3. The molecule has 42 heavy (non-hydrogen) atoms. The molecule has 0 unspecified atom stereocenters. The van der Waals surface area contributed by atoms with E-state index in [0.717, 1.165) is 4.48 Å². The van der Waals surface area contributed by atoms with Gasteiger partial charge in [0.15, 0.2) is 0 Å². The van der Waals surface area contributed by atoms with E-state index in [0.29, 0.717) is 0 Å². The Morgan fingerprint density at radius 3 is 0.833 bits per heavy atom. The third-order valence-electron chi connectivity index (χ3n) is 9.29. The maximum atomic E-state index is 2.38. The molecule has 2 aromatic rings. The minimum atomic E-state index is 0. The van der Waals surface area contributed by atoms with E-state index in [1.165, 1.54) is 179 Å². The molecule has 0 N–H and O–H groups in total. The summed E-state index contributed by atoms with van der Waals surface area (Å²) in [5, 5.41) is 0. The van der Waals surface area contributed by atoms with Crippen molar-refractivity contribution >= 4 is 11.4 Å². The fourth-order valence-corrected chi connectivity index (χ4v) is 6.65. The summed E-state index contributed by atoms with van der Waals surface area (Å²) >= 11 is 0. The number of unbranched alkanes of at least 4 members (excludes halogenated alkanes) is 22. The smallest absolute Gasteiger partial charge is 0.137 e. The van der Waals surface area contributed by atoms with Gasteiger partial charge in [0, 0.05) is 0 Å². The molecule has 2 aromatic carbocycles. The summed E-state index contributed by atoms with van der Waals surface area (Å²) in [4.78, 5) is 0. The first-order valence-electron chi connectivity index (χ1n) is 18.3. The maximum absolute atomic E-state index is 2.38. The van der Waals surface area contributed by atoms with Crippen LogP contribution in [0.15, 0.2) is 60.7 Å². The summed E-state index contributed by atoms with van der Waals surface area (Å²) in [6, 6.07) is 22.9. The second-order valence-corrected chi connectivity index (χ2v) is 12.9. The van der Waals surface area contributed by atoms with Gasteiger partial charge in [0.2, 0.25) is 0 Å². The highest BCUT2D eigenvalue weighted by atomic mass is 79.9. The number of hydrogen-bond donors (Lipinski definition) is 0. The molecule has 0 saturated carbocycles. The predicted molar refractivity (Wildman–Crippen MR) is 186 cm³/mol. The normalized spacial score (nSPS) is 11.5. The highest BCUT2D eigenvalue weighted by Crippen LogP contribution is 2.36. The van der Waals surface area contributed by atoms with E-state index in [1.54, 1.807) is 0 Å². The van der Waals surface area contributed by atoms with Crippen molar-refractivity contribution in [3.63, 3.8) is 0 Å². The SMILES string of the molecule is CCCCCCCCCCCCCC[N+](CCCCCCCCCCCCCC)(c1ccccc1)c1ccccc1.[Br-]. The number of benzene rings is 2. The van der Waals surface area contributed by atoms with Crippen molar-refractivity contribution in [1.29, 1.82) is 0 Å². The van der Waals surface area contributed by atoms with E-state index in [1.807, 2.05) is 0 Å². The maximum Gasteiger partial charge on any atom is 0.137 e. The first kappa shape index (κ1) is 38.9. The molecule has 0 spiro atoms. The van der Waals surface area contributed by atoms with E-state index < -0.39 is 0 Å². The Labute approximate surface area is 273 Å². The molecular formula is C40H68BrN. The molecule has 0 aliphatic rings. The first-order valence-corrected chi connectivity index (χ1v) is 18.3. The van der Waals surface area contributed by atoms with Crippen LogP contribution in [-0.2, 0) is 0 Å². The molecule has 2 rings (SSSR count). The fraction of sp³-hybridized carbons (Fsp3) is 0.700. The molecule has 2 heteroatoms. The van der Waals surface area contributed by atoms with Crippen molar-refractivity contribution in [2.45, 2.75) is 168 Å². The van der Waals surface area contributed by atoms with Crippen LogP contribution >= 0.6 is 0 Å². The molecule has 0 radical (unpaired) electrons. The Kier molecular flexibility index (Phi) is 25.4. The molecule has 0 aliphatic carbocycles. The highest BCUT2D eigenvalue weighted by molar-refractivity contribution is 5.58. The molecule has 0 aromatic heterocycles. The summed E-state index contributed by atoms with van der Waals surface area (Å²) in [6.07, 6.45) is 33.9. The standard InChI is InChI=1S/C40H68N.BrH/c1-3-5-7-9-11-13-15-17-19-21-23-31-37-41(39-33-27-25-28-34-39,40-35-29-26-30-36-40)38-32-24-22-20-18-16-14-12-10-8-6-4-2;/h25-30,33-36H,3-24,31-32,37-38H2,1-2H3;1H/q+1;/p-1. The van der Waals surface area contributed by atoms with Crippen molar-refractivity contribution in [1.82, 2.24) is 4.48 Å². The number of rotatable bonds is 28. The van der Waals surface area contributed by atoms with Gasteiger partial charge in [-0.3, -0.25) is 4.48 Å². The Balaban J connectivity index is 0.00000882. The number of para-hydroxylation sites is 2. The van der Waals surface area contributed by atoms with Gasteiger partial charge in [-0.15, -0.1) is 0 Å². The van der Waals surface area contributed by atoms with Gasteiger partial charge >= 0.3 is 0 Å². The van der Waals surface area contributed by atoms with E-state index in [4.69, 9.17) is 0 Å². The zero-order valence-electron chi connectivity index (χ0n) is 28.0. The molecule has 240 valence electrons. The number of halogens is 1. The van der Waals surface area contributed by atoms with Crippen LogP contribution in [0.4, 0.5) is 11.4 Å². The van der Waals surface area contributed by atoms with Gasteiger partial charge in [0.25, 0.3) is 0 Å². The zero-order valence-corrected chi connectivity index (χ0v) is 29.6. The summed E-state index contributed by atoms with van der Waals surface area (Å²) in [5.41, 5.74) is 2.95. The summed E-state index contributed by atoms with van der Waals surface area (Å²) in [7, 11) is 0. The zero-order chi connectivity index (χ0) is 29.1. The average molecular weight is 643 g/mol. The molecule has 0 saturated heterocycles. The largest absolute Gasteiger partial charge is 1.00 e. The lowest BCUT2D eigenvalue weighted by Crippen LogP contribution is -3.00. The van der Waals surface area contributed by atoms with Crippen LogP contribution in [0.3, 0.4) is 0 Å². The van der Waals surface area contributed by atoms with Gasteiger partial charge in [0.05, 0.1) is 13.1 Å². The van der Waals surface area contributed by atoms with Gasteiger partial charge in [0.1, 0.15) is 11.4 Å². The fourth-order valence-electron chi connectivity index (χ4n) is 6.65. The lowest BCUT2D eigenvalue weighted by atomic mass is 10.0. The quantitative estimate of drug-likeness (QED) is 0.0640. The third-order valence-corrected chi connectivity index (χ3v) is 9.29. The summed E-state index contributed by atoms with van der Waals surface area (Å²) < 4.78 is 1.02. The van der Waals surface area contributed by atoms with Crippen LogP contribution in [0.1, 0.15) is 168 Å². The molecule has 0 atom stereocenters. The van der Waals surface area contributed by atoms with Crippen LogP contribution in [0.25, 0.3) is 0 Å². The monoisotopic (exact) mass is 641 g/mol. The molecule has 0 bridgehead atoms. The van der Waals surface area contributed by atoms with Crippen LogP contribution in [-0.4, -0.2) is 13.1 Å². The topological polar surface area (TPSA) is 0 Å². The Morgan fingerprint density at radius 2 is 0.571 bits per heavy atom. The Hall–Kier alpha value is -1.12. The summed E-state index contributed by atoms with van der Waals surface area (Å²) in [5.74, 6) is 0. The number of quaternary nitrogens is 1. The molecule has 1 nitrogen and oxygen atoms in total. The third kappa shape index (κ3) is 17.2. The lowest BCUT2D eigenvalue weighted by molar-refractivity contribution is -0.00000876. The lowest BCUT2D eigenvalue weighted by Gasteiger charge is -2.38. The van der Waals surface area contributed by atoms with Crippen molar-refractivity contribution in [3.8, 4) is 0 Å². The second kappa shape index (κ2) is 27.4. The number of nitrogens with zero attached hydrogens (tertiary/aromatic N) is 1. The van der Waals surface area contributed by atoms with E-state index in [9.17, 15) is 0 Å². The van der Waals surface area contributed by atoms with Crippen molar-refractivity contribution < 1.29 is 17.0 Å². The van der Waals surface area contributed by atoms with Gasteiger partial charge in [-0.1, -0.05) is 179 Å². The van der Waals surface area contributed by atoms with Gasteiger partial charge in [-0.25, -0.2) is 0 Å². The van der Waals surface area contributed by atoms with Gasteiger partial charge < -0.3 is 17.0 Å². The minimum Gasteiger partial charge on any atom is -1.00 e. The van der Waals surface area contributed by atoms with E-state index >= 15 is 0 Å². The van der Waals surface area contributed by atoms with Crippen molar-refractivity contribution in [2.75, 3.05) is 13.1 Å². The Morgan fingerprint density at radius 1 is 0.333 bits per heavy atom. The molecule has 0 heterocycles. The molecule has 0 aliphatic heterocycles. The average Bonchev–Trinajstić information content (AvgIpc) is 3.02. The minimum absolute atomic E-state index is 0. The number of hydrogen-bond acceptors (Lipinski definition) is 0.